The predicted molar refractivity (Wildman–Crippen MR) is 73.9 cm³/mol. The fraction of sp³-hybridized carbons (Fsp3) is 0.0667. The van der Waals surface area contributed by atoms with Crippen LogP contribution in [0.3, 0.4) is 0 Å². The molecule has 0 aliphatic rings. The highest BCUT2D eigenvalue weighted by Gasteiger charge is 2.08. The van der Waals surface area contributed by atoms with Crippen molar-refractivity contribution >= 4 is 11.4 Å². The van der Waals surface area contributed by atoms with Crippen molar-refractivity contribution in [3.8, 4) is 12.1 Å². The van der Waals surface area contributed by atoms with E-state index in [1.54, 1.807) is 24.3 Å². The number of nitrogens with zero attached hydrogens (tertiary/aromatic N) is 2. The van der Waals surface area contributed by atoms with Gasteiger partial charge in [-0.2, -0.15) is 10.5 Å². The monoisotopic (exact) mass is 248 g/mol. The molecule has 0 bridgehead atoms. The molecule has 0 radical (unpaired) electrons. The van der Waals surface area contributed by atoms with Gasteiger partial charge in [0.05, 0.1) is 23.3 Å². The summed E-state index contributed by atoms with van der Waals surface area (Å²) in [5.41, 5.74) is 15.2. The standard InChI is InChI=1S/C15H12N4/c16-8-12-6-14(18)3-1-10(12)5-11-2-4-15(19)7-13(11)9-17/h1-4,6-7H,5,18-19H2. The number of nitrogen functional groups attached to an aromatic ring is 2. The number of rotatable bonds is 2. The van der Waals surface area contributed by atoms with Crippen molar-refractivity contribution in [2.45, 2.75) is 6.42 Å². The molecule has 4 heteroatoms. The third-order valence-electron chi connectivity index (χ3n) is 2.89. The number of nitriles is 2. The smallest absolute Gasteiger partial charge is 0.0995 e. The minimum absolute atomic E-state index is 0.506. The van der Waals surface area contributed by atoms with Crippen molar-refractivity contribution in [2.75, 3.05) is 11.5 Å². The maximum atomic E-state index is 9.10. The van der Waals surface area contributed by atoms with Crippen LogP contribution in [0.5, 0.6) is 0 Å². The lowest BCUT2D eigenvalue weighted by Gasteiger charge is -2.07. The van der Waals surface area contributed by atoms with Crippen LogP contribution in [0.2, 0.25) is 0 Å². The second-order valence-electron chi connectivity index (χ2n) is 4.23. The van der Waals surface area contributed by atoms with E-state index in [1.165, 1.54) is 0 Å². The van der Waals surface area contributed by atoms with Gasteiger partial charge in [0.15, 0.2) is 0 Å². The van der Waals surface area contributed by atoms with E-state index in [0.717, 1.165) is 11.1 Å². The molecular weight excluding hydrogens is 236 g/mol. The van der Waals surface area contributed by atoms with Gasteiger partial charge in [-0.15, -0.1) is 0 Å². The first kappa shape index (κ1) is 12.5. The molecule has 0 unspecified atom stereocenters. The summed E-state index contributed by atoms with van der Waals surface area (Å²) in [6.07, 6.45) is 0.506. The molecular formula is C15H12N4. The van der Waals surface area contributed by atoms with Gasteiger partial charge in [0.1, 0.15) is 0 Å². The van der Waals surface area contributed by atoms with Crippen LogP contribution >= 0.6 is 0 Å². The average Bonchev–Trinajstić information content (AvgIpc) is 2.42. The van der Waals surface area contributed by atoms with Crippen molar-refractivity contribution in [1.82, 2.24) is 0 Å². The van der Waals surface area contributed by atoms with Crippen LogP contribution in [0.25, 0.3) is 0 Å². The summed E-state index contributed by atoms with van der Waals surface area (Å²) in [5, 5.41) is 18.2. The van der Waals surface area contributed by atoms with Crippen molar-refractivity contribution in [3.05, 3.63) is 58.7 Å². The summed E-state index contributed by atoms with van der Waals surface area (Å²) in [4.78, 5) is 0. The van der Waals surface area contributed by atoms with Gasteiger partial charge in [-0.05, 0) is 35.4 Å². The van der Waals surface area contributed by atoms with E-state index in [0.29, 0.717) is 28.9 Å². The Bertz CT molecular complexity index is 644. The Morgan fingerprint density at radius 1 is 0.789 bits per heavy atom. The van der Waals surface area contributed by atoms with Gasteiger partial charge in [0.2, 0.25) is 0 Å². The highest BCUT2D eigenvalue weighted by molar-refractivity contribution is 5.54. The molecule has 0 atom stereocenters. The topological polar surface area (TPSA) is 99.6 Å². The highest BCUT2D eigenvalue weighted by atomic mass is 14.5. The summed E-state index contributed by atoms with van der Waals surface area (Å²) < 4.78 is 0. The van der Waals surface area contributed by atoms with Crippen molar-refractivity contribution in [2.24, 2.45) is 0 Å². The van der Waals surface area contributed by atoms with Crippen LogP contribution in [-0.2, 0) is 6.42 Å². The van der Waals surface area contributed by atoms with Crippen LogP contribution in [0.1, 0.15) is 22.3 Å². The lowest BCUT2D eigenvalue weighted by atomic mass is 9.96. The van der Waals surface area contributed by atoms with E-state index in [9.17, 15) is 0 Å². The highest BCUT2D eigenvalue weighted by Crippen LogP contribution is 2.20. The molecule has 19 heavy (non-hydrogen) atoms. The second kappa shape index (κ2) is 5.12. The van der Waals surface area contributed by atoms with Crippen LogP contribution in [0, 0.1) is 22.7 Å². The van der Waals surface area contributed by atoms with E-state index in [4.69, 9.17) is 22.0 Å². The molecule has 0 fully saturated rings. The number of hydrogen-bond acceptors (Lipinski definition) is 4. The summed E-state index contributed by atoms with van der Waals surface area (Å²) in [6, 6.07) is 14.6. The SMILES string of the molecule is N#Cc1cc(N)ccc1Cc1ccc(N)cc1C#N. The molecule has 4 nitrogen and oxygen atoms in total. The Morgan fingerprint density at radius 3 is 1.58 bits per heavy atom. The molecule has 2 rings (SSSR count). The summed E-state index contributed by atoms with van der Waals surface area (Å²) in [5.74, 6) is 0. The van der Waals surface area contributed by atoms with Gasteiger partial charge < -0.3 is 11.5 Å². The van der Waals surface area contributed by atoms with Crippen LogP contribution in [0.15, 0.2) is 36.4 Å². The summed E-state index contributed by atoms with van der Waals surface area (Å²) in [6.45, 7) is 0. The first-order valence-corrected chi connectivity index (χ1v) is 5.71. The van der Waals surface area contributed by atoms with Crippen molar-refractivity contribution in [1.29, 1.82) is 10.5 Å². The minimum Gasteiger partial charge on any atom is -0.399 e. The molecule has 0 amide bonds. The Balaban J connectivity index is 2.43. The van der Waals surface area contributed by atoms with Crippen LogP contribution in [0.4, 0.5) is 11.4 Å². The molecule has 0 aliphatic carbocycles. The van der Waals surface area contributed by atoms with Gasteiger partial charge in [0.25, 0.3) is 0 Å². The van der Waals surface area contributed by atoms with Crippen molar-refractivity contribution < 1.29 is 0 Å². The molecule has 92 valence electrons. The zero-order chi connectivity index (χ0) is 13.8. The minimum atomic E-state index is 0.506. The third kappa shape index (κ3) is 2.65. The molecule has 0 aromatic heterocycles. The number of hydrogen-bond donors (Lipinski definition) is 2. The largest absolute Gasteiger partial charge is 0.399 e. The Kier molecular flexibility index (Phi) is 3.36. The Morgan fingerprint density at radius 2 is 1.21 bits per heavy atom. The summed E-state index contributed by atoms with van der Waals surface area (Å²) >= 11 is 0. The molecule has 2 aromatic carbocycles. The molecule has 4 N–H and O–H groups in total. The molecule has 2 aromatic rings. The fourth-order valence-corrected chi connectivity index (χ4v) is 1.91. The predicted octanol–water partition coefficient (Wildman–Crippen LogP) is 2.19. The first-order chi connectivity index (χ1) is 9.13. The maximum Gasteiger partial charge on any atom is 0.0995 e. The normalized spacial score (nSPS) is 9.58. The fourth-order valence-electron chi connectivity index (χ4n) is 1.91. The van der Waals surface area contributed by atoms with E-state index in [-0.39, 0.29) is 0 Å². The van der Waals surface area contributed by atoms with Gasteiger partial charge in [-0.25, -0.2) is 0 Å². The first-order valence-electron chi connectivity index (χ1n) is 5.71. The van der Waals surface area contributed by atoms with Gasteiger partial charge >= 0.3 is 0 Å². The molecule has 0 saturated carbocycles. The van der Waals surface area contributed by atoms with E-state index >= 15 is 0 Å². The quantitative estimate of drug-likeness (QED) is 0.795. The van der Waals surface area contributed by atoms with Crippen LogP contribution in [-0.4, -0.2) is 0 Å². The van der Waals surface area contributed by atoms with E-state index < -0.39 is 0 Å². The van der Waals surface area contributed by atoms with E-state index in [2.05, 4.69) is 12.1 Å². The summed E-state index contributed by atoms with van der Waals surface area (Å²) in [7, 11) is 0. The molecule has 0 saturated heterocycles. The average molecular weight is 248 g/mol. The molecule has 0 spiro atoms. The van der Waals surface area contributed by atoms with Crippen LogP contribution < -0.4 is 11.5 Å². The van der Waals surface area contributed by atoms with Gasteiger partial charge in [0, 0.05) is 17.8 Å². The number of anilines is 2. The molecule has 0 heterocycles. The van der Waals surface area contributed by atoms with E-state index in [1.807, 2.05) is 12.1 Å². The zero-order valence-electron chi connectivity index (χ0n) is 10.2. The zero-order valence-corrected chi connectivity index (χ0v) is 10.2. The van der Waals surface area contributed by atoms with Gasteiger partial charge in [-0.1, -0.05) is 12.1 Å². The lowest BCUT2D eigenvalue weighted by Crippen LogP contribution is -1.98. The van der Waals surface area contributed by atoms with Gasteiger partial charge in [-0.3, -0.25) is 0 Å². The number of benzene rings is 2. The van der Waals surface area contributed by atoms with Crippen molar-refractivity contribution in [3.63, 3.8) is 0 Å². The number of nitrogens with two attached hydrogens (primary N) is 2. The third-order valence-corrected chi connectivity index (χ3v) is 2.89. The molecule has 0 aliphatic heterocycles. The second-order valence-corrected chi connectivity index (χ2v) is 4.23. The Hall–Kier alpha value is -2.98. The Labute approximate surface area is 111 Å². The maximum absolute atomic E-state index is 9.10. The lowest BCUT2D eigenvalue weighted by molar-refractivity contribution is 1.17.